The van der Waals surface area contributed by atoms with Crippen LogP contribution >= 0.6 is 28.1 Å². The topological polar surface area (TPSA) is 50.9 Å². The lowest BCUT2D eigenvalue weighted by Crippen LogP contribution is -2.10. The predicted octanol–water partition coefficient (Wildman–Crippen LogP) is 4.24. The van der Waals surface area contributed by atoms with Crippen LogP contribution in [-0.2, 0) is 6.18 Å². The molecule has 0 amide bonds. The summed E-state index contributed by atoms with van der Waals surface area (Å²) in [6, 6.07) is 6.50. The number of pyridine rings is 1. The highest BCUT2D eigenvalue weighted by atomic mass is 79.9. The Bertz CT molecular complexity index is 689. The maximum absolute atomic E-state index is 12.7. The maximum Gasteiger partial charge on any atom is 0.416 e. The molecule has 0 bridgehead atoms. The fraction of sp³-hybridized carbons (Fsp3) is 0.0769. The van der Waals surface area contributed by atoms with Gasteiger partial charge in [0.2, 0.25) is 0 Å². The zero-order valence-corrected chi connectivity index (χ0v) is 12.8. The fourth-order valence-corrected chi connectivity index (χ4v) is 2.06. The van der Waals surface area contributed by atoms with Crippen LogP contribution in [0, 0.1) is 0 Å². The zero-order valence-electron chi connectivity index (χ0n) is 10.4. The largest absolute Gasteiger partial charge is 0.416 e. The van der Waals surface area contributed by atoms with Gasteiger partial charge in [-0.05, 0) is 46.3 Å². The quantitative estimate of drug-likeness (QED) is 0.787. The van der Waals surface area contributed by atoms with Gasteiger partial charge in [-0.25, -0.2) is 4.98 Å². The highest BCUT2D eigenvalue weighted by Gasteiger charge is 2.30. The first-order valence-corrected chi connectivity index (χ1v) is 6.87. The summed E-state index contributed by atoms with van der Waals surface area (Å²) in [5, 5.41) is 2.81. The normalized spacial score (nSPS) is 11.2. The summed E-state index contributed by atoms with van der Waals surface area (Å²) in [5.74, 6) is 0.348. The lowest BCUT2D eigenvalue weighted by atomic mass is 10.2. The van der Waals surface area contributed by atoms with E-state index in [2.05, 4.69) is 26.2 Å². The molecule has 1 aromatic carbocycles. The Balaban J connectivity index is 2.35. The summed E-state index contributed by atoms with van der Waals surface area (Å²) in [6.07, 6.45) is -2.94. The summed E-state index contributed by atoms with van der Waals surface area (Å²) in [7, 11) is 0. The van der Waals surface area contributed by atoms with E-state index in [-0.39, 0.29) is 10.7 Å². The van der Waals surface area contributed by atoms with E-state index in [4.69, 9.17) is 18.0 Å². The number of nitrogens with two attached hydrogens (primary N) is 1. The van der Waals surface area contributed by atoms with Gasteiger partial charge < -0.3 is 11.1 Å². The molecular formula is C13H9BrF3N3S. The molecule has 8 heteroatoms. The number of nitrogens with zero attached hydrogens (tertiary/aromatic N) is 1. The molecule has 2 rings (SSSR count). The number of thiocarbonyl (C=S) groups is 1. The van der Waals surface area contributed by atoms with Crippen molar-refractivity contribution in [3.63, 3.8) is 0 Å². The van der Waals surface area contributed by atoms with E-state index >= 15 is 0 Å². The van der Waals surface area contributed by atoms with Crippen LogP contribution < -0.4 is 11.1 Å². The Hall–Kier alpha value is -1.67. The molecule has 0 spiro atoms. The summed E-state index contributed by atoms with van der Waals surface area (Å²) in [4.78, 5) is 4.21. The van der Waals surface area contributed by atoms with Crippen molar-refractivity contribution in [1.29, 1.82) is 0 Å². The van der Waals surface area contributed by atoms with Gasteiger partial charge in [-0.15, -0.1) is 0 Å². The van der Waals surface area contributed by atoms with Gasteiger partial charge in [0.05, 0.1) is 11.3 Å². The highest BCUT2D eigenvalue weighted by Crippen LogP contribution is 2.34. The molecule has 1 heterocycles. The smallest absolute Gasteiger partial charge is 0.389 e. The van der Waals surface area contributed by atoms with Crippen molar-refractivity contribution < 1.29 is 13.2 Å². The summed E-state index contributed by atoms with van der Waals surface area (Å²) >= 11 is 8.04. The molecule has 0 saturated heterocycles. The highest BCUT2D eigenvalue weighted by molar-refractivity contribution is 9.10. The van der Waals surface area contributed by atoms with Crippen molar-refractivity contribution in [3.8, 4) is 0 Å². The molecule has 0 fully saturated rings. The molecule has 0 atom stereocenters. The molecule has 0 aliphatic rings. The predicted molar refractivity (Wildman–Crippen MR) is 82.6 cm³/mol. The molecule has 0 aliphatic heterocycles. The second-order valence-electron chi connectivity index (χ2n) is 4.11. The van der Waals surface area contributed by atoms with Gasteiger partial charge in [0.15, 0.2) is 0 Å². The number of alkyl halides is 3. The van der Waals surface area contributed by atoms with Gasteiger partial charge in [-0.2, -0.15) is 13.2 Å². The van der Waals surface area contributed by atoms with Crippen LogP contribution in [0.1, 0.15) is 11.1 Å². The third-order valence-electron chi connectivity index (χ3n) is 2.60. The van der Waals surface area contributed by atoms with E-state index < -0.39 is 11.7 Å². The van der Waals surface area contributed by atoms with E-state index in [1.807, 2.05) is 0 Å². The lowest BCUT2D eigenvalue weighted by molar-refractivity contribution is -0.137. The van der Waals surface area contributed by atoms with Gasteiger partial charge in [-0.1, -0.05) is 12.2 Å². The molecule has 0 saturated carbocycles. The second kappa shape index (κ2) is 5.98. The van der Waals surface area contributed by atoms with Crippen molar-refractivity contribution >= 4 is 44.6 Å². The number of aromatic nitrogens is 1. The van der Waals surface area contributed by atoms with Crippen molar-refractivity contribution in [2.45, 2.75) is 6.18 Å². The first-order valence-electron chi connectivity index (χ1n) is 5.67. The van der Waals surface area contributed by atoms with Gasteiger partial charge >= 0.3 is 6.18 Å². The van der Waals surface area contributed by atoms with Crippen molar-refractivity contribution in [2.75, 3.05) is 5.32 Å². The number of nitrogens with one attached hydrogen (secondary N) is 1. The van der Waals surface area contributed by atoms with Gasteiger partial charge in [0, 0.05) is 16.2 Å². The molecule has 2 aromatic rings. The van der Waals surface area contributed by atoms with Gasteiger partial charge in [0.1, 0.15) is 10.8 Å². The summed E-state index contributed by atoms with van der Waals surface area (Å²) < 4.78 is 38.6. The van der Waals surface area contributed by atoms with E-state index in [0.29, 0.717) is 15.9 Å². The molecule has 21 heavy (non-hydrogen) atoms. The van der Waals surface area contributed by atoms with Crippen molar-refractivity contribution in [3.05, 3.63) is 52.1 Å². The average Bonchev–Trinajstić information content (AvgIpc) is 2.40. The Morgan fingerprint density at radius 3 is 2.57 bits per heavy atom. The van der Waals surface area contributed by atoms with Crippen LogP contribution in [-0.4, -0.2) is 9.97 Å². The molecule has 3 nitrogen and oxygen atoms in total. The molecular weight excluding hydrogens is 367 g/mol. The van der Waals surface area contributed by atoms with E-state index in [1.54, 1.807) is 12.1 Å². The Labute approximate surface area is 132 Å². The molecule has 0 aliphatic carbocycles. The summed E-state index contributed by atoms with van der Waals surface area (Å²) in [5.41, 5.74) is 5.58. The Morgan fingerprint density at radius 1 is 1.24 bits per heavy atom. The number of halogens is 4. The Kier molecular flexibility index (Phi) is 4.48. The number of hydrogen-bond acceptors (Lipinski definition) is 3. The van der Waals surface area contributed by atoms with Crippen LogP contribution in [0.15, 0.2) is 41.0 Å². The number of anilines is 2. The van der Waals surface area contributed by atoms with E-state index in [0.717, 1.165) is 12.1 Å². The third kappa shape index (κ3) is 3.92. The molecule has 0 unspecified atom stereocenters. The summed E-state index contributed by atoms with van der Waals surface area (Å²) in [6.45, 7) is 0. The first-order chi connectivity index (χ1) is 9.77. The average molecular weight is 376 g/mol. The fourth-order valence-electron chi connectivity index (χ4n) is 1.59. The molecule has 1 aromatic heterocycles. The SMILES string of the molecule is NC(=S)c1ccnc(Nc2cc(C(F)(F)F)ccc2Br)c1. The van der Waals surface area contributed by atoms with Crippen LogP contribution in [0.5, 0.6) is 0 Å². The molecule has 0 radical (unpaired) electrons. The van der Waals surface area contributed by atoms with E-state index in [9.17, 15) is 13.2 Å². The van der Waals surface area contributed by atoms with E-state index in [1.165, 1.54) is 12.3 Å². The second-order valence-corrected chi connectivity index (χ2v) is 5.41. The third-order valence-corrected chi connectivity index (χ3v) is 3.53. The maximum atomic E-state index is 12.7. The van der Waals surface area contributed by atoms with Crippen molar-refractivity contribution in [2.24, 2.45) is 5.73 Å². The van der Waals surface area contributed by atoms with Gasteiger partial charge in [-0.3, -0.25) is 0 Å². The Morgan fingerprint density at radius 2 is 1.95 bits per heavy atom. The molecule has 110 valence electrons. The first kappa shape index (κ1) is 15.7. The standard InChI is InChI=1S/C13H9BrF3N3S/c14-9-2-1-8(13(15,16)17)6-10(9)20-11-5-7(12(18)21)3-4-19-11/h1-6H,(H2,18,21)(H,19,20). The van der Waals surface area contributed by atoms with Gasteiger partial charge in [0.25, 0.3) is 0 Å². The lowest BCUT2D eigenvalue weighted by Gasteiger charge is -2.12. The van der Waals surface area contributed by atoms with Crippen LogP contribution in [0.3, 0.4) is 0 Å². The number of hydrogen-bond donors (Lipinski definition) is 2. The van der Waals surface area contributed by atoms with Crippen LogP contribution in [0.4, 0.5) is 24.7 Å². The number of benzene rings is 1. The minimum Gasteiger partial charge on any atom is -0.389 e. The minimum atomic E-state index is -4.41. The monoisotopic (exact) mass is 375 g/mol. The van der Waals surface area contributed by atoms with Crippen LogP contribution in [0.2, 0.25) is 0 Å². The minimum absolute atomic E-state index is 0.184. The zero-order chi connectivity index (χ0) is 15.6. The van der Waals surface area contributed by atoms with Crippen LogP contribution in [0.25, 0.3) is 0 Å². The molecule has 3 N–H and O–H groups in total. The van der Waals surface area contributed by atoms with Crippen molar-refractivity contribution in [1.82, 2.24) is 4.98 Å². The number of rotatable bonds is 3.